The Kier molecular flexibility index (Phi) is 3.75. The highest BCUT2D eigenvalue weighted by molar-refractivity contribution is 9.11. The van der Waals surface area contributed by atoms with Crippen molar-refractivity contribution >= 4 is 37.5 Å². The van der Waals surface area contributed by atoms with Gasteiger partial charge in [-0.1, -0.05) is 60.7 Å². The number of aromatic amines is 1. The molecule has 2 aromatic heterocycles. The van der Waals surface area contributed by atoms with Crippen molar-refractivity contribution in [2.45, 2.75) is 0 Å². The molecule has 24 heavy (non-hydrogen) atoms. The maximum absolute atomic E-state index is 12.5. The van der Waals surface area contributed by atoms with Crippen molar-refractivity contribution in [2.24, 2.45) is 0 Å². The first kappa shape index (κ1) is 15.2. The molecule has 3 nitrogen and oxygen atoms in total. The molecule has 2 heterocycles. The molecule has 118 valence electrons. The largest absolute Gasteiger partial charge is 0.506 e. The Balaban J connectivity index is 2.10. The molecule has 0 fully saturated rings. The van der Waals surface area contributed by atoms with E-state index in [4.69, 9.17) is 0 Å². The molecule has 0 aliphatic heterocycles. The van der Waals surface area contributed by atoms with Crippen LogP contribution in [0.25, 0.3) is 32.5 Å². The molecule has 0 amide bonds. The Bertz CT molecular complexity index is 1090. The second-order valence-electron chi connectivity index (χ2n) is 5.36. The minimum Gasteiger partial charge on any atom is -0.506 e. The molecule has 0 atom stereocenters. The van der Waals surface area contributed by atoms with Gasteiger partial charge >= 0.3 is 0 Å². The van der Waals surface area contributed by atoms with Gasteiger partial charge in [-0.2, -0.15) is 0 Å². The van der Waals surface area contributed by atoms with Gasteiger partial charge in [-0.05, 0) is 27.1 Å². The monoisotopic (exact) mass is 397 g/mol. The fourth-order valence-electron chi connectivity index (χ4n) is 2.85. The summed E-state index contributed by atoms with van der Waals surface area (Å²) in [6, 6.07) is 19.0. The van der Waals surface area contributed by atoms with Crippen LogP contribution in [0, 0.1) is 0 Å². The molecule has 0 aliphatic rings. The number of aromatic nitrogens is 1. The van der Waals surface area contributed by atoms with Crippen molar-refractivity contribution in [3.63, 3.8) is 0 Å². The van der Waals surface area contributed by atoms with E-state index in [-0.39, 0.29) is 11.3 Å². The molecule has 4 aromatic rings. The Labute approximate surface area is 150 Å². The molecule has 0 saturated heterocycles. The first-order chi connectivity index (χ1) is 11.7. The lowest BCUT2D eigenvalue weighted by Crippen LogP contribution is -2.08. The summed E-state index contributed by atoms with van der Waals surface area (Å²) in [5.41, 5.74) is 2.57. The predicted molar refractivity (Wildman–Crippen MR) is 103 cm³/mol. The Morgan fingerprint density at radius 2 is 1.42 bits per heavy atom. The number of pyridine rings is 1. The minimum absolute atomic E-state index is 0.0146. The summed E-state index contributed by atoms with van der Waals surface area (Å²) < 4.78 is 0.875. The van der Waals surface area contributed by atoms with Gasteiger partial charge in [-0.25, -0.2) is 0 Å². The van der Waals surface area contributed by atoms with E-state index in [0.717, 1.165) is 14.9 Å². The molecule has 2 aromatic carbocycles. The van der Waals surface area contributed by atoms with E-state index in [9.17, 15) is 9.90 Å². The molecule has 0 unspecified atom stereocenters. The lowest BCUT2D eigenvalue weighted by molar-refractivity contribution is 0.483. The Morgan fingerprint density at radius 3 is 2.00 bits per heavy atom. The van der Waals surface area contributed by atoms with Crippen molar-refractivity contribution in [1.29, 1.82) is 0 Å². The third kappa shape index (κ3) is 2.37. The number of halogens is 1. The van der Waals surface area contributed by atoms with Crippen LogP contribution in [0.3, 0.4) is 0 Å². The lowest BCUT2D eigenvalue weighted by atomic mass is 10.0. The minimum atomic E-state index is -0.292. The molecule has 0 radical (unpaired) electrons. The van der Waals surface area contributed by atoms with E-state index < -0.39 is 0 Å². The van der Waals surface area contributed by atoms with Crippen LogP contribution in [-0.2, 0) is 0 Å². The summed E-state index contributed by atoms with van der Waals surface area (Å²) in [4.78, 5) is 16.0. The molecular weight excluding hydrogens is 386 g/mol. The van der Waals surface area contributed by atoms with E-state index in [1.807, 2.05) is 60.7 Å². The third-order valence-electron chi connectivity index (χ3n) is 3.92. The van der Waals surface area contributed by atoms with Crippen molar-refractivity contribution in [3.05, 3.63) is 74.8 Å². The van der Waals surface area contributed by atoms with Crippen LogP contribution in [0.2, 0.25) is 0 Å². The standard InChI is InChI=1S/C19H12BrNO2S/c20-17-13(11-7-3-1-4-8-11)15-16(22)14(12-9-5-2-6-10-12)18(23)21-19(15)24-17/h1-10H,(H2,21,22,23). The van der Waals surface area contributed by atoms with Gasteiger partial charge in [-0.3, -0.25) is 4.79 Å². The summed E-state index contributed by atoms with van der Waals surface area (Å²) in [6.07, 6.45) is 0. The number of fused-ring (bicyclic) bond motifs is 1. The zero-order chi connectivity index (χ0) is 16.7. The number of nitrogens with one attached hydrogen (secondary N) is 1. The molecule has 5 heteroatoms. The summed E-state index contributed by atoms with van der Waals surface area (Å²) in [5.74, 6) is 0.0146. The number of thiophene rings is 1. The molecule has 4 rings (SSSR count). The van der Waals surface area contributed by atoms with Crippen LogP contribution in [0.5, 0.6) is 5.75 Å². The lowest BCUT2D eigenvalue weighted by Gasteiger charge is -2.07. The number of hydrogen-bond acceptors (Lipinski definition) is 3. The van der Waals surface area contributed by atoms with Gasteiger partial charge in [-0.15, -0.1) is 11.3 Å². The third-order valence-corrected chi connectivity index (χ3v) is 5.69. The van der Waals surface area contributed by atoms with Gasteiger partial charge < -0.3 is 10.1 Å². The van der Waals surface area contributed by atoms with E-state index in [1.165, 1.54) is 11.3 Å². The SMILES string of the molecule is O=c1[nH]c2sc(Br)c(-c3ccccc3)c2c(O)c1-c1ccccc1. The first-order valence-electron chi connectivity index (χ1n) is 7.35. The molecule has 0 saturated carbocycles. The average molecular weight is 398 g/mol. The fraction of sp³-hybridized carbons (Fsp3) is 0. The quantitative estimate of drug-likeness (QED) is 0.476. The van der Waals surface area contributed by atoms with Crippen LogP contribution >= 0.6 is 27.3 Å². The fourth-order valence-corrected chi connectivity index (χ4v) is 4.71. The smallest absolute Gasteiger partial charge is 0.260 e. The van der Waals surface area contributed by atoms with Gasteiger partial charge in [0.1, 0.15) is 10.6 Å². The van der Waals surface area contributed by atoms with Crippen molar-refractivity contribution < 1.29 is 5.11 Å². The van der Waals surface area contributed by atoms with Gasteiger partial charge in [0, 0.05) is 5.56 Å². The predicted octanol–water partition coefficient (Wildman–Crippen LogP) is 5.39. The molecule has 0 bridgehead atoms. The summed E-state index contributed by atoms with van der Waals surface area (Å²) in [5, 5.41) is 11.6. The summed E-state index contributed by atoms with van der Waals surface area (Å²) >= 11 is 4.98. The van der Waals surface area contributed by atoms with Crippen LogP contribution in [0.1, 0.15) is 0 Å². The number of rotatable bonds is 2. The van der Waals surface area contributed by atoms with Crippen molar-refractivity contribution in [2.75, 3.05) is 0 Å². The van der Waals surface area contributed by atoms with Crippen LogP contribution in [0.15, 0.2) is 69.2 Å². The van der Waals surface area contributed by atoms with E-state index in [1.54, 1.807) is 0 Å². The zero-order valence-electron chi connectivity index (χ0n) is 12.4. The van der Waals surface area contributed by atoms with Crippen LogP contribution in [-0.4, -0.2) is 10.1 Å². The number of H-pyrrole nitrogens is 1. The van der Waals surface area contributed by atoms with Crippen LogP contribution in [0.4, 0.5) is 0 Å². The van der Waals surface area contributed by atoms with Crippen molar-refractivity contribution in [3.8, 4) is 28.0 Å². The van der Waals surface area contributed by atoms with E-state index in [2.05, 4.69) is 20.9 Å². The first-order valence-corrected chi connectivity index (χ1v) is 8.96. The molecule has 2 N–H and O–H groups in total. The highest BCUT2D eigenvalue weighted by Crippen LogP contribution is 2.46. The number of aromatic hydroxyl groups is 1. The second-order valence-corrected chi connectivity index (χ2v) is 7.70. The molecular formula is C19H12BrNO2S. The normalized spacial score (nSPS) is 11.0. The van der Waals surface area contributed by atoms with E-state index >= 15 is 0 Å². The summed E-state index contributed by atoms with van der Waals surface area (Å²) in [6.45, 7) is 0. The second kappa shape index (κ2) is 5.92. The zero-order valence-corrected chi connectivity index (χ0v) is 14.8. The average Bonchev–Trinajstić information content (AvgIpc) is 2.92. The van der Waals surface area contributed by atoms with Gasteiger partial charge in [0.2, 0.25) is 0 Å². The van der Waals surface area contributed by atoms with Gasteiger partial charge in [0.05, 0.1) is 14.7 Å². The summed E-state index contributed by atoms with van der Waals surface area (Å²) in [7, 11) is 0. The topological polar surface area (TPSA) is 53.1 Å². The highest BCUT2D eigenvalue weighted by atomic mass is 79.9. The Hall–Kier alpha value is -2.37. The van der Waals surface area contributed by atoms with Gasteiger partial charge in [0.15, 0.2) is 0 Å². The van der Waals surface area contributed by atoms with Crippen LogP contribution < -0.4 is 5.56 Å². The van der Waals surface area contributed by atoms with E-state index in [0.29, 0.717) is 21.3 Å². The Morgan fingerprint density at radius 1 is 0.875 bits per heavy atom. The maximum Gasteiger partial charge on any atom is 0.260 e. The highest BCUT2D eigenvalue weighted by Gasteiger charge is 2.21. The maximum atomic E-state index is 12.5. The number of hydrogen-bond donors (Lipinski definition) is 2. The van der Waals surface area contributed by atoms with Crippen molar-refractivity contribution in [1.82, 2.24) is 4.98 Å². The number of benzene rings is 2. The molecule has 0 spiro atoms. The van der Waals surface area contributed by atoms with Gasteiger partial charge in [0.25, 0.3) is 5.56 Å². The molecule has 0 aliphatic carbocycles.